The fourth-order valence-electron chi connectivity index (χ4n) is 4.42. The van der Waals surface area contributed by atoms with Crippen LogP contribution in [0.25, 0.3) is 0 Å². The summed E-state index contributed by atoms with van der Waals surface area (Å²) >= 11 is 0. The third kappa shape index (κ3) is 5.98. The molecule has 150 valence electrons. The zero-order valence-corrected chi connectivity index (χ0v) is 18.0. The fourth-order valence-corrected chi connectivity index (χ4v) is 4.42. The largest absolute Gasteiger partial charge is 0.342 e. The molecule has 25 heavy (non-hydrogen) atoms. The average molecular weight is 396 g/mol. The van der Waals surface area contributed by atoms with Crippen molar-refractivity contribution in [3.8, 4) is 0 Å². The summed E-state index contributed by atoms with van der Waals surface area (Å²) < 4.78 is 0. The van der Waals surface area contributed by atoms with E-state index in [2.05, 4.69) is 30.6 Å². The molecule has 0 aliphatic carbocycles. The first-order chi connectivity index (χ1) is 11.1. The Morgan fingerprint density at radius 2 is 1.76 bits per heavy atom. The molecule has 1 amide bonds. The summed E-state index contributed by atoms with van der Waals surface area (Å²) in [7, 11) is 0. The molecule has 2 N–H and O–H groups in total. The zero-order valence-electron chi connectivity index (χ0n) is 16.3. The second-order valence-electron chi connectivity index (χ2n) is 7.79. The van der Waals surface area contributed by atoms with Gasteiger partial charge in [-0.15, -0.1) is 24.8 Å². The van der Waals surface area contributed by atoms with Gasteiger partial charge in [0.15, 0.2) is 0 Å². The molecule has 0 radical (unpaired) electrons. The lowest BCUT2D eigenvalue weighted by Gasteiger charge is -2.42. The first-order valence-corrected chi connectivity index (χ1v) is 9.79. The van der Waals surface area contributed by atoms with Crippen molar-refractivity contribution in [3.63, 3.8) is 0 Å². The van der Waals surface area contributed by atoms with E-state index >= 15 is 0 Å². The Bertz CT molecular complexity index is 383. The highest BCUT2D eigenvalue weighted by atomic mass is 35.5. The van der Waals surface area contributed by atoms with E-state index in [-0.39, 0.29) is 30.2 Å². The van der Waals surface area contributed by atoms with Gasteiger partial charge in [0.05, 0.1) is 5.41 Å². The van der Waals surface area contributed by atoms with Crippen LogP contribution in [0.2, 0.25) is 0 Å². The van der Waals surface area contributed by atoms with E-state index in [9.17, 15) is 4.79 Å². The molecular weight excluding hydrogens is 357 g/mol. The van der Waals surface area contributed by atoms with E-state index in [0.717, 1.165) is 32.4 Å². The molecule has 2 fully saturated rings. The molecule has 0 bridgehead atoms. The topological polar surface area (TPSA) is 49.6 Å². The number of piperidine rings is 2. The highest BCUT2D eigenvalue weighted by Gasteiger charge is 2.38. The van der Waals surface area contributed by atoms with Gasteiger partial charge in [0.1, 0.15) is 0 Å². The number of nitrogens with zero attached hydrogens (tertiary/aromatic N) is 2. The van der Waals surface area contributed by atoms with Gasteiger partial charge < -0.3 is 15.5 Å². The molecule has 0 aromatic carbocycles. The van der Waals surface area contributed by atoms with Gasteiger partial charge in [-0.3, -0.25) is 4.79 Å². The van der Waals surface area contributed by atoms with Crippen molar-refractivity contribution in [1.29, 1.82) is 0 Å². The van der Waals surface area contributed by atoms with E-state index < -0.39 is 0 Å². The van der Waals surface area contributed by atoms with E-state index in [0.29, 0.717) is 24.4 Å². The highest BCUT2D eigenvalue weighted by molar-refractivity contribution is 5.85. The van der Waals surface area contributed by atoms with E-state index in [1.807, 2.05) is 0 Å². The summed E-state index contributed by atoms with van der Waals surface area (Å²) in [6.45, 7) is 11.3. The summed E-state index contributed by atoms with van der Waals surface area (Å²) in [5, 5.41) is 0. The SMILES string of the molecule is CCC(CC)(CN)C(=O)N1CCCC(CN2CCCCC2C)C1.Cl.Cl. The van der Waals surface area contributed by atoms with E-state index in [1.54, 1.807) is 0 Å². The molecule has 2 atom stereocenters. The van der Waals surface area contributed by atoms with Crippen LogP contribution in [0, 0.1) is 11.3 Å². The van der Waals surface area contributed by atoms with Crippen LogP contribution in [0.1, 0.15) is 65.7 Å². The minimum atomic E-state index is -0.333. The number of hydrogen-bond donors (Lipinski definition) is 1. The number of hydrogen-bond acceptors (Lipinski definition) is 3. The molecule has 2 saturated heterocycles. The maximum atomic E-state index is 13.0. The van der Waals surface area contributed by atoms with Gasteiger partial charge in [0.2, 0.25) is 5.91 Å². The minimum Gasteiger partial charge on any atom is -0.342 e. The molecule has 0 saturated carbocycles. The normalized spacial score (nSPS) is 25.0. The second kappa shape index (κ2) is 11.6. The van der Waals surface area contributed by atoms with Crippen LogP contribution in [0.5, 0.6) is 0 Å². The van der Waals surface area contributed by atoms with Gasteiger partial charge in [-0.1, -0.05) is 20.3 Å². The predicted molar refractivity (Wildman–Crippen MR) is 111 cm³/mol. The maximum Gasteiger partial charge on any atom is 0.230 e. The molecule has 2 rings (SSSR count). The fraction of sp³-hybridized carbons (Fsp3) is 0.947. The first-order valence-electron chi connectivity index (χ1n) is 9.79. The number of carbonyl (C=O) groups excluding carboxylic acids is 1. The van der Waals surface area contributed by atoms with Gasteiger partial charge in [-0.25, -0.2) is 0 Å². The maximum absolute atomic E-state index is 13.0. The summed E-state index contributed by atoms with van der Waals surface area (Å²) in [6.07, 6.45) is 8.15. The first kappa shape index (κ1) is 25.0. The predicted octanol–water partition coefficient (Wildman–Crippen LogP) is 3.71. The molecule has 2 aliphatic heterocycles. The molecule has 0 aromatic heterocycles. The Morgan fingerprint density at radius 3 is 2.32 bits per heavy atom. The summed E-state index contributed by atoms with van der Waals surface area (Å²) in [5.41, 5.74) is 5.65. The molecule has 2 aliphatic rings. The quantitative estimate of drug-likeness (QED) is 0.745. The Kier molecular flexibility index (Phi) is 11.6. The summed E-state index contributed by atoms with van der Waals surface area (Å²) in [6, 6.07) is 0.712. The highest BCUT2D eigenvalue weighted by Crippen LogP contribution is 2.30. The van der Waals surface area contributed by atoms with Crippen LogP contribution in [-0.2, 0) is 4.79 Å². The second-order valence-corrected chi connectivity index (χ2v) is 7.79. The Labute approximate surface area is 167 Å². The lowest BCUT2D eigenvalue weighted by molar-refractivity contribution is -0.144. The lowest BCUT2D eigenvalue weighted by atomic mass is 9.80. The monoisotopic (exact) mass is 395 g/mol. The van der Waals surface area contributed by atoms with Crippen molar-refractivity contribution in [3.05, 3.63) is 0 Å². The summed E-state index contributed by atoms with van der Waals surface area (Å²) in [4.78, 5) is 17.8. The third-order valence-electron chi connectivity index (χ3n) is 6.44. The zero-order chi connectivity index (χ0) is 16.9. The smallest absolute Gasteiger partial charge is 0.230 e. The van der Waals surface area contributed by atoms with Gasteiger partial charge in [0.25, 0.3) is 0 Å². The average Bonchev–Trinajstić information content (AvgIpc) is 2.59. The molecular formula is C19H39Cl2N3O. The Hall–Kier alpha value is -0.0300. The number of rotatable bonds is 6. The third-order valence-corrected chi connectivity index (χ3v) is 6.44. The van der Waals surface area contributed by atoms with Gasteiger partial charge >= 0.3 is 0 Å². The molecule has 2 heterocycles. The van der Waals surface area contributed by atoms with Crippen molar-refractivity contribution >= 4 is 30.7 Å². The van der Waals surface area contributed by atoms with Crippen molar-refractivity contribution < 1.29 is 4.79 Å². The number of carbonyl (C=O) groups is 1. The standard InChI is InChI=1S/C19H37N3O.2ClH/c1-4-19(5-2,15-20)18(23)22-12-8-10-17(14-22)13-21-11-7-6-9-16(21)3;;/h16-17H,4-15,20H2,1-3H3;2*1H. The minimum absolute atomic E-state index is 0. The van der Waals surface area contributed by atoms with E-state index in [1.165, 1.54) is 38.8 Å². The molecule has 0 spiro atoms. The van der Waals surface area contributed by atoms with Gasteiger partial charge in [-0.05, 0) is 57.9 Å². The van der Waals surface area contributed by atoms with Crippen molar-refractivity contribution in [2.45, 2.75) is 71.8 Å². The van der Waals surface area contributed by atoms with Crippen molar-refractivity contribution in [2.24, 2.45) is 17.1 Å². The Morgan fingerprint density at radius 1 is 1.08 bits per heavy atom. The van der Waals surface area contributed by atoms with Crippen molar-refractivity contribution in [1.82, 2.24) is 9.80 Å². The Balaban J connectivity index is 0.00000288. The molecule has 0 aromatic rings. The number of nitrogens with two attached hydrogens (primary N) is 1. The molecule has 6 heteroatoms. The molecule has 2 unspecified atom stereocenters. The van der Waals surface area contributed by atoms with Crippen LogP contribution in [0.3, 0.4) is 0 Å². The number of likely N-dealkylation sites (tertiary alicyclic amines) is 2. The van der Waals surface area contributed by atoms with Crippen LogP contribution in [0.4, 0.5) is 0 Å². The van der Waals surface area contributed by atoms with Crippen LogP contribution < -0.4 is 5.73 Å². The van der Waals surface area contributed by atoms with Gasteiger partial charge in [0, 0.05) is 32.2 Å². The summed E-state index contributed by atoms with van der Waals surface area (Å²) in [5.74, 6) is 0.943. The van der Waals surface area contributed by atoms with Crippen LogP contribution in [0.15, 0.2) is 0 Å². The van der Waals surface area contributed by atoms with Gasteiger partial charge in [-0.2, -0.15) is 0 Å². The molecule has 4 nitrogen and oxygen atoms in total. The van der Waals surface area contributed by atoms with Crippen LogP contribution in [-0.4, -0.2) is 54.5 Å². The van der Waals surface area contributed by atoms with E-state index in [4.69, 9.17) is 5.73 Å². The lowest BCUT2D eigenvalue weighted by Crippen LogP contribution is -2.52. The number of halogens is 2. The van der Waals surface area contributed by atoms with Crippen LogP contribution >= 0.6 is 24.8 Å². The number of amides is 1. The van der Waals surface area contributed by atoms with Crippen molar-refractivity contribution in [2.75, 3.05) is 32.7 Å².